The van der Waals surface area contributed by atoms with E-state index in [0.29, 0.717) is 5.82 Å². The SMILES string of the molecule is Nc1cc(CCn2cncn2)[nH]n1. The first-order valence-electron chi connectivity index (χ1n) is 3.97. The maximum atomic E-state index is 5.45. The zero-order valence-electron chi connectivity index (χ0n) is 7.01. The van der Waals surface area contributed by atoms with Crippen LogP contribution in [0.5, 0.6) is 0 Å². The average molecular weight is 178 g/mol. The Morgan fingerprint density at radius 3 is 3.08 bits per heavy atom. The standard InChI is InChI=1S/C7H10N6/c8-7-3-6(11-12-7)1-2-13-5-9-4-10-13/h3-5H,1-2H2,(H3,8,11,12). The maximum Gasteiger partial charge on any atom is 0.145 e. The summed E-state index contributed by atoms with van der Waals surface area (Å²) < 4.78 is 1.76. The van der Waals surface area contributed by atoms with Crippen LogP contribution in [0.3, 0.4) is 0 Å². The van der Waals surface area contributed by atoms with E-state index >= 15 is 0 Å². The third-order valence-electron chi connectivity index (χ3n) is 1.73. The molecule has 0 aliphatic heterocycles. The van der Waals surface area contributed by atoms with Gasteiger partial charge in [0, 0.05) is 24.7 Å². The van der Waals surface area contributed by atoms with Gasteiger partial charge in [0.15, 0.2) is 0 Å². The van der Waals surface area contributed by atoms with Crippen molar-refractivity contribution in [3.05, 3.63) is 24.4 Å². The van der Waals surface area contributed by atoms with Gasteiger partial charge in [0.1, 0.15) is 18.5 Å². The van der Waals surface area contributed by atoms with Crippen molar-refractivity contribution in [3.63, 3.8) is 0 Å². The highest BCUT2D eigenvalue weighted by molar-refractivity contribution is 5.28. The van der Waals surface area contributed by atoms with Crippen molar-refractivity contribution in [1.82, 2.24) is 25.0 Å². The normalized spacial score (nSPS) is 10.5. The van der Waals surface area contributed by atoms with Gasteiger partial charge >= 0.3 is 0 Å². The van der Waals surface area contributed by atoms with Crippen LogP contribution in [-0.2, 0) is 13.0 Å². The molecule has 0 saturated carbocycles. The van der Waals surface area contributed by atoms with Crippen molar-refractivity contribution in [3.8, 4) is 0 Å². The molecule has 6 heteroatoms. The topological polar surface area (TPSA) is 85.4 Å². The van der Waals surface area contributed by atoms with Gasteiger partial charge in [0.25, 0.3) is 0 Å². The molecule has 0 radical (unpaired) electrons. The number of nitrogen functional groups attached to an aromatic ring is 1. The summed E-state index contributed by atoms with van der Waals surface area (Å²) in [5.41, 5.74) is 6.46. The summed E-state index contributed by atoms with van der Waals surface area (Å²) in [6.45, 7) is 0.779. The Labute approximate surface area is 74.8 Å². The van der Waals surface area contributed by atoms with E-state index in [2.05, 4.69) is 20.3 Å². The lowest BCUT2D eigenvalue weighted by Crippen LogP contribution is -2.01. The van der Waals surface area contributed by atoms with Gasteiger partial charge in [-0.15, -0.1) is 0 Å². The Morgan fingerprint density at radius 1 is 1.54 bits per heavy atom. The van der Waals surface area contributed by atoms with E-state index in [1.165, 1.54) is 6.33 Å². The van der Waals surface area contributed by atoms with Crippen LogP contribution in [0, 0.1) is 0 Å². The lowest BCUT2D eigenvalue weighted by molar-refractivity contribution is 0.606. The number of rotatable bonds is 3. The Hall–Kier alpha value is -1.85. The van der Waals surface area contributed by atoms with E-state index in [1.54, 1.807) is 11.0 Å². The van der Waals surface area contributed by atoms with E-state index < -0.39 is 0 Å². The fraction of sp³-hybridized carbons (Fsp3) is 0.286. The quantitative estimate of drug-likeness (QED) is 0.683. The summed E-state index contributed by atoms with van der Waals surface area (Å²) in [6.07, 6.45) is 4.02. The third-order valence-corrected chi connectivity index (χ3v) is 1.73. The zero-order chi connectivity index (χ0) is 9.10. The predicted octanol–water partition coefficient (Wildman–Crippen LogP) is -0.174. The molecule has 68 valence electrons. The highest BCUT2D eigenvalue weighted by Crippen LogP contribution is 2.01. The summed E-state index contributed by atoms with van der Waals surface area (Å²) in [7, 11) is 0. The van der Waals surface area contributed by atoms with Crippen molar-refractivity contribution in [1.29, 1.82) is 0 Å². The smallest absolute Gasteiger partial charge is 0.145 e. The number of hydrogen-bond donors (Lipinski definition) is 2. The number of aryl methyl sites for hydroxylation is 2. The van der Waals surface area contributed by atoms with Gasteiger partial charge in [-0.3, -0.25) is 9.78 Å². The van der Waals surface area contributed by atoms with Crippen LogP contribution < -0.4 is 5.73 Å². The molecule has 0 atom stereocenters. The minimum absolute atomic E-state index is 0.522. The monoisotopic (exact) mass is 178 g/mol. The molecule has 0 bridgehead atoms. The molecule has 0 fully saturated rings. The highest BCUT2D eigenvalue weighted by Gasteiger charge is 1.98. The largest absolute Gasteiger partial charge is 0.382 e. The molecule has 2 rings (SSSR count). The molecule has 0 aromatic carbocycles. The van der Waals surface area contributed by atoms with Gasteiger partial charge < -0.3 is 5.73 Å². The molecule has 0 saturated heterocycles. The molecular formula is C7H10N6. The van der Waals surface area contributed by atoms with E-state index in [-0.39, 0.29) is 0 Å². The Bertz CT molecular complexity index is 362. The van der Waals surface area contributed by atoms with Crippen LogP contribution >= 0.6 is 0 Å². The minimum Gasteiger partial charge on any atom is -0.382 e. The molecule has 2 aromatic rings. The van der Waals surface area contributed by atoms with E-state index in [0.717, 1.165) is 18.7 Å². The second-order valence-electron chi connectivity index (χ2n) is 2.73. The molecule has 2 heterocycles. The average Bonchev–Trinajstić information content (AvgIpc) is 2.71. The van der Waals surface area contributed by atoms with Crippen molar-refractivity contribution >= 4 is 5.82 Å². The van der Waals surface area contributed by atoms with Crippen molar-refractivity contribution < 1.29 is 0 Å². The second-order valence-corrected chi connectivity index (χ2v) is 2.73. The summed E-state index contributed by atoms with van der Waals surface area (Å²) in [5, 5.41) is 10.6. The first-order chi connectivity index (χ1) is 6.34. The fourth-order valence-electron chi connectivity index (χ4n) is 1.09. The van der Waals surface area contributed by atoms with Gasteiger partial charge in [0.05, 0.1) is 0 Å². The zero-order valence-corrected chi connectivity index (χ0v) is 7.01. The molecule has 0 unspecified atom stereocenters. The maximum absolute atomic E-state index is 5.45. The van der Waals surface area contributed by atoms with Crippen molar-refractivity contribution in [2.75, 3.05) is 5.73 Å². The number of anilines is 1. The molecule has 0 aliphatic carbocycles. The van der Waals surface area contributed by atoms with E-state index in [1.807, 2.05) is 6.07 Å². The first kappa shape index (κ1) is 7.78. The number of hydrogen-bond acceptors (Lipinski definition) is 4. The van der Waals surface area contributed by atoms with Crippen molar-refractivity contribution in [2.45, 2.75) is 13.0 Å². The van der Waals surface area contributed by atoms with Gasteiger partial charge in [0.2, 0.25) is 0 Å². The van der Waals surface area contributed by atoms with Gasteiger partial charge in [-0.05, 0) is 0 Å². The van der Waals surface area contributed by atoms with E-state index in [9.17, 15) is 0 Å². The molecule has 6 nitrogen and oxygen atoms in total. The van der Waals surface area contributed by atoms with Crippen LogP contribution in [-0.4, -0.2) is 25.0 Å². The third kappa shape index (κ3) is 1.84. The molecule has 0 aliphatic rings. The molecular weight excluding hydrogens is 168 g/mol. The Kier molecular flexibility index (Phi) is 1.95. The van der Waals surface area contributed by atoms with Gasteiger partial charge in [-0.1, -0.05) is 0 Å². The summed E-state index contributed by atoms with van der Waals surface area (Å²) in [4.78, 5) is 3.84. The lowest BCUT2D eigenvalue weighted by atomic mass is 10.3. The highest BCUT2D eigenvalue weighted by atomic mass is 15.3. The van der Waals surface area contributed by atoms with Gasteiger partial charge in [-0.2, -0.15) is 10.2 Å². The molecule has 0 spiro atoms. The molecule has 0 amide bonds. The minimum atomic E-state index is 0.522. The van der Waals surface area contributed by atoms with Crippen LogP contribution in [0.25, 0.3) is 0 Å². The first-order valence-corrected chi connectivity index (χ1v) is 3.97. The van der Waals surface area contributed by atoms with Gasteiger partial charge in [-0.25, -0.2) is 4.98 Å². The lowest BCUT2D eigenvalue weighted by Gasteiger charge is -1.96. The number of aromatic nitrogens is 5. The molecule has 3 N–H and O–H groups in total. The second kappa shape index (κ2) is 3.26. The molecule has 2 aromatic heterocycles. The number of nitrogens with one attached hydrogen (secondary N) is 1. The Balaban J connectivity index is 1.93. The summed E-state index contributed by atoms with van der Waals surface area (Å²) in [6, 6.07) is 1.82. The Morgan fingerprint density at radius 2 is 2.46 bits per heavy atom. The van der Waals surface area contributed by atoms with Crippen LogP contribution in [0.4, 0.5) is 5.82 Å². The van der Waals surface area contributed by atoms with Crippen LogP contribution in [0.1, 0.15) is 5.69 Å². The summed E-state index contributed by atoms with van der Waals surface area (Å²) >= 11 is 0. The number of aromatic amines is 1. The number of H-pyrrole nitrogens is 1. The van der Waals surface area contributed by atoms with E-state index in [4.69, 9.17) is 5.73 Å². The van der Waals surface area contributed by atoms with Crippen LogP contribution in [0.2, 0.25) is 0 Å². The van der Waals surface area contributed by atoms with Crippen LogP contribution in [0.15, 0.2) is 18.7 Å². The van der Waals surface area contributed by atoms with Crippen molar-refractivity contribution in [2.24, 2.45) is 0 Å². The number of nitrogens with two attached hydrogens (primary N) is 1. The predicted molar refractivity (Wildman–Crippen MR) is 46.7 cm³/mol. The fourth-order valence-corrected chi connectivity index (χ4v) is 1.09. The number of nitrogens with zero attached hydrogens (tertiary/aromatic N) is 4. The summed E-state index contributed by atoms with van der Waals surface area (Å²) in [5.74, 6) is 0.522. The molecule has 13 heavy (non-hydrogen) atoms.